The lowest BCUT2D eigenvalue weighted by Crippen LogP contribution is -2.46. The molecular weight excluding hydrogens is 512 g/mol. The third-order valence-electron chi connectivity index (χ3n) is 6.06. The minimum Gasteiger partial charge on any atom is -0.469 e. The van der Waals surface area contributed by atoms with E-state index in [0.29, 0.717) is 24.4 Å². The van der Waals surface area contributed by atoms with E-state index >= 15 is 0 Å². The summed E-state index contributed by atoms with van der Waals surface area (Å²) in [7, 11) is 4.44. The van der Waals surface area contributed by atoms with Gasteiger partial charge in [0.25, 0.3) is 0 Å². The van der Waals surface area contributed by atoms with Gasteiger partial charge in [-0.05, 0) is 18.9 Å². The van der Waals surface area contributed by atoms with Crippen LogP contribution in [0.5, 0.6) is 0 Å². The van der Waals surface area contributed by atoms with Crippen molar-refractivity contribution in [2.24, 2.45) is 7.05 Å². The summed E-state index contributed by atoms with van der Waals surface area (Å²) in [5.41, 5.74) is 1.53. The van der Waals surface area contributed by atoms with Gasteiger partial charge in [-0.1, -0.05) is 42.5 Å². The Kier molecular flexibility index (Phi) is 10.4. The molecule has 0 radical (unpaired) electrons. The molecule has 2 aromatic carbocycles. The maximum absolute atomic E-state index is 13.9. The van der Waals surface area contributed by atoms with Gasteiger partial charge in [-0.3, -0.25) is 14.8 Å². The third-order valence-corrected chi connectivity index (χ3v) is 6.06. The van der Waals surface area contributed by atoms with Gasteiger partial charge in [0, 0.05) is 44.3 Å². The van der Waals surface area contributed by atoms with E-state index in [1.165, 1.54) is 35.9 Å². The number of urea groups is 1. The fraction of sp³-hybridized carbons (Fsp3) is 0.333. The topological polar surface area (TPSA) is 115 Å². The summed E-state index contributed by atoms with van der Waals surface area (Å²) in [6.07, 6.45) is 0.0252. The van der Waals surface area contributed by atoms with Crippen molar-refractivity contribution in [3.8, 4) is 11.3 Å². The lowest BCUT2D eigenvalue weighted by atomic mass is 10.1. The number of carbonyl (C=O) groups is 3. The standard InChI is InChI=1S/C27H31F2N5O5/c1-33(26(36)30-16-19-11-7-13-21(28)25(19)29)20(12-8-14-24(35)38-3)17-39-27(37)31-23-15-22(32-34(23)2)18-9-5-4-6-10-18/h4-7,9-11,13,15,20H,8,12,14,16-17H2,1-3H3,(H,30,36)(H,31,37)/t20-/m0/s1. The molecule has 3 aromatic rings. The molecule has 0 spiro atoms. The number of aryl methyl sites for hydroxylation is 1. The van der Waals surface area contributed by atoms with E-state index in [2.05, 4.69) is 20.5 Å². The van der Waals surface area contributed by atoms with Crippen LogP contribution in [0.4, 0.5) is 24.2 Å². The second-order valence-electron chi connectivity index (χ2n) is 8.73. The number of nitrogens with one attached hydrogen (secondary N) is 2. The molecular formula is C27H31F2N5O5. The van der Waals surface area contributed by atoms with Crippen molar-refractivity contribution in [3.63, 3.8) is 0 Å². The maximum atomic E-state index is 13.9. The van der Waals surface area contributed by atoms with Crippen LogP contribution in [0.15, 0.2) is 54.6 Å². The summed E-state index contributed by atoms with van der Waals surface area (Å²) in [4.78, 5) is 38.2. The molecule has 10 nitrogen and oxygen atoms in total. The molecule has 0 saturated carbocycles. The van der Waals surface area contributed by atoms with Crippen molar-refractivity contribution in [2.75, 3.05) is 26.1 Å². The second-order valence-corrected chi connectivity index (χ2v) is 8.73. The van der Waals surface area contributed by atoms with Crippen LogP contribution < -0.4 is 10.6 Å². The molecule has 1 aromatic heterocycles. The molecule has 0 aliphatic heterocycles. The average molecular weight is 544 g/mol. The molecule has 39 heavy (non-hydrogen) atoms. The van der Waals surface area contributed by atoms with E-state index < -0.39 is 35.8 Å². The van der Waals surface area contributed by atoms with Crippen molar-refractivity contribution < 1.29 is 32.6 Å². The van der Waals surface area contributed by atoms with Crippen LogP contribution in [-0.2, 0) is 27.9 Å². The number of esters is 1. The van der Waals surface area contributed by atoms with Gasteiger partial charge in [-0.15, -0.1) is 0 Å². The van der Waals surface area contributed by atoms with Crippen LogP contribution in [0.1, 0.15) is 24.8 Å². The molecule has 12 heteroatoms. The number of methoxy groups -OCH3 is 1. The molecule has 0 unspecified atom stereocenters. The number of aromatic nitrogens is 2. The smallest absolute Gasteiger partial charge is 0.412 e. The number of amides is 3. The number of anilines is 1. The van der Waals surface area contributed by atoms with Gasteiger partial charge < -0.3 is 19.7 Å². The van der Waals surface area contributed by atoms with Crippen LogP contribution in [0.2, 0.25) is 0 Å². The Morgan fingerprint density at radius 1 is 1.10 bits per heavy atom. The first-order chi connectivity index (χ1) is 18.7. The molecule has 0 aliphatic carbocycles. The number of likely N-dealkylation sites (N-methyl/N-ethyl adjacent to an activating group) is 1. The highest BCUT2D eigenvalue weighted by atomic mass is 19.2. The summed E-state index contributed by atoms with van der Waals surface area (Å²) < 4.78 is 39.0. The van der Waals surface area contributed by atoms with E-state index in [1.54, 1.807) is 13.1 Å². The Morgan fingerprint density at radius 2 is 1.85 bits per heavy atom. The van der Waals surface area contributed by atoms with Crippen molar-refractivity contribution in [3.05, 3.63) is 71.8 Å². The van der Waals surface area contributed by atoms with Crippen molar-refractivity contribution >= 4 is 23.9 Å². The molecule has 208 valence electrons. The largest absolute Gasteiger partial charge is 0.469 e. The number of hydrogen-bond donors (Lipinski definition) is 2. The molecule has 0 bridgehead atoms. The van der Waals surface area contributed by atoms with E-state index in [0.717, 1.165) is 11.6 Å². The Labute approximate surface area is 224 Å². The Morgan fingerprint density at radius 3 is 2.56 bits per heavy atom. The van der Waals surface area contributed by atoms with E-state index in [4.69, 9.17) is 4.74 Å². The molecule has 3 amide bonds. The second kappa shape index (κ2) is 13.9. The van der Waals surface area contributed by atoms with Gasteiger partial charge in [0.1, 0.15) is 12.4 Å². The third kappa shape index (κ3) is 8.25. The molecule has 1 atom stereocenters. The minimum absolute atomic E-state index is 0.0133. The zero-order valence-electron chi connectivity index (χ0n) is 21.9. The van der Waals surface area contributed by atoms with E-state index in [-0.39, 0.29) is 25.1 Å². The van der Waals surface area contributed by atoms with Gasteiger partial charge in [0.2, 0.25) is 0 Å². The maximum Gasteiger partial charge on any atom is 0.412 e. The Balaban J connectivity index is 1.61. The van der Waals surface area contributed by atoms with E-state index in [9.17, 15) is 23.2 Å². The zero-order chi connectivity index (χ0) is 28.4. The molecule has 1 heterocycles. The SMILES string of the molecule is COC(=O)CCC[C@@H](COC(=O)Nc1cc(-c2ccccc2)nn1C)N(C)C(=O)NCc1cccc(F)c1F. The highest BCUT2D eigenvalue weighted by Crippen LogP contribution is 2.21. The number of carbonyl (C=O) groups excluding carboxylic acids is 3. The number of rotatable bonds is 11. The van der Waals surface area contributed by atoms with Gasteiger partial charge >= 0.3 is 18.1 Å². The first kappa shape index (κ1) is 29.1. The highest BCUT2D eigenvalue weighted by Gasteiger charge is 2.23. The number of ether oxygens (including phenoxy) is 2. The molecule has 3 rings (SSSR count). The zero-order valence-corrected chi connectivity index (χ0v) is 21.9. The summed E-state index contributed by atoms with van der Waals surface area (Å²) in [5, 5.41) is 9.56. The number of benzene rings is 2. The van der Waals surface area contributed by atoms with Crippen molar-refractivity contribution in [1.29, 1.82) is 0 Å². The van der Waals surface area contributed by atoms with Crippen LogP contribution in [0, 0.1) is 11.6 Å². The predicted octanol–water partition coefficient (Wildman–Crippen LogP) is 4.47. The van der Waals surface area contributed by atoms with Crippen LogP contribution in [0.3, 0.4) is 0 Å². The molecule has 0 aliphatic rings. The average Bonchev–Trinajstić information content (AvgIpc) is 3.30. The van der Waals surface area contributed by atoms with Crippen LogP contribution in [0.25, 0.3) is 11.3 Å². The highest BCUT2D eigenvalue weighted by molar-refractivity contribution is 5.84. The molecule has 0 saturated heterocycles. The summed E-state index contributed by atoms with van der Waals surface area (Å²) in [5.74, 6) is -2.06. The lowest BCUT2D eigenvalue weighted by molar-refractivity contribution is -0.140. The minimum atomic E-state index is -1.04. The van der Waals surface area contributed by atoms with Crippen LogP contribution in [-0.4, -0.2) is 59.6 Å². The Hall–Kier alpha value is -4.48. The van der Waals surface area contributed by atoms with Gasteiger partial charge in [0.05, 0.1) is 18.8 Å². The predicted molar refractivity (Wildman–Crippen MR) is 140 cm³/mol. The first-order valence-corrected chi connectivity index (χ1v) is 12.2. The van der Waals surface area contributed by atoms with Crippen molar-refractivity contribution in [1.82, 2.24) is 20.0 Å². The normalized spacial score (nSPS) is 11.4. The van der Waals surface area contributed by atoms with Gasteiger partial charge in [0.15, 0.2) is 11.6 Å². The number of hydrogen-bond acceptors (Lipinski definition) is 6. The molecule has 2 N–H and O–H groups in total. The number of halogens is 2. The fourth-order valence-corrected chi connectivity index (χ4v) is 3.77. The van der Waals surface area contributed by atoms with E-state index in [1.807, 2.05) is 30.3 Å². The lowest BCUT2D eigenvalue weighted by Gasteiger charge is -2.28. The summed E-state index contributed by atoms with van der Waals surface area (Å²) >= 11 is 0. The first-order valence-electron chi connectivity index (χ1n) is 12.2. The van der Waals surface area contributed by atoms with Gasteiger partial charge in [-0.25, -0.2) is 18.4 Å². The quantitative estimate of drug-likeness (QED) is 0.345. The van der Waals surface area contributed by atoms with Gasteiger partial charge in [-0.2, -0.15) is 5.10 Å². The number of nitrogens with zero attached hydrogens (tertiary/aromatic N) is 3. The monoisotopic (exact) mass is 543 g/mol. The van der Waals surface area contributed by atoms with Crippen LogP contribution >= 0.6 is 0 Å². The van der Waals surface area contributed by atoms with Crippen molar-refractivity contribution in [2.45, 2.75) is 31.8 Å². The summed E-state index contributed by atoms with van der Waals surface area (Å²) in [6.45, 7) is -0.429. The fourth-order valence-electron chi connectivity index (χ4n) is 3.77. The molecule has 0 fully saturated rings. The Bertz CT molecular complexity index is 1280. The summed E-state index contributed by atoms with van der Waals surface area (Å²) in [6, 6.07) is 13.6.